The van der Waals surface area contributed by atoms with Crippen LogP contribution in [0.3, 0.4) is 0 Å². The van der Waals surface area contributed by atoms with Crippen molar-refractivity contribution >= 4 is 5.69 Å². The standard InChI is InChI=1S/C16H19FN2O/c1-10-14(6-3-12(9-18)15(10)17)19-8-7-16(20,11(19)2)13-4-5-13/h3,6,11,13,20H,4-5,7-8H2,1-2H3. The largest absolute Gasteiger partial charge is 0.387 e. The number of nitriles is 1. The van der Waals surface area contributed by atoms with Gasteiger partial charge in [-0.25, -0.2) is 4.39 Å². The van der Waals surface area contributed by atoms with Crippen LogP contribution in [0.2, 0.25) is 0 Å². The average molecular weight is 274 g/mol. The minimum absolute atomic E-state index is 0.0129. The maximum atomic E-state index is 14.1. The fourth-order valence-corrected chi connectivity index (χ4v) is 3.50. The van der Waals surface area contributed by atoms with Crippen molar-refractivity contribution < 1.29 is 9.50 Å². The predicted molar refractivity (Wildman–Crippen MR) is 75.0 cm³/mol. The van der Waals surface area contributed by atoms with Crippen molar-refractivity contribution in [3.8, 4) is 6.07 Å². The van der Waals surface area contributed by atoms with Gasteiger partial charge in [0, 0.05) is 17.8 Å². The topological polar surface area (TPSA) is 47.3 Å². The van der Waals surface area contributed by atoms with Gasteiger partial charge in [0.25, 0.3) is 0 Å². The molecule has 3 rings (SSSR count). The molecule has 1 saturated carbocycles. The van der Waals surface area contributed by atoms with E-state index < -0.39 is 11.4 Å². The summed E-state index contributed by atoms with van der Waals surface area (Å²) in [4.78, 5) is 2.08. The summed E-state index contributed by atoms with van der Waals surface area (Å²) in [5.74, 6) is -0.0508. The van der Waals surface area contributed by atoms with Crippen LogP contribution in [0.4, 0.5) is 10.1 Å². The van der Waals surface area contributed by atoms with E-state index in [0.717, 1.165) is 31.5 Å². The van der Waals surface area contributed by atoms with E-state index in [4.69, 9.17) is 5.26 Å². The lowest BCUT2D eigenvalue weighted by Gasteiger charge is -2.33. The Morgan fingerprint density at radius 3 is 2.75 bits per heavy atom. The van der Waals surface area contributed by atoms with Gasteiger partial charge in [0.15, 0.2) is 0 Å². The molecule has 1 heterocycles. The van der Waals surface area contributed by atoms with Crippen LogP contribution in [0.25, 0.3) is 0 Å². The smallest absolute Gasteiger partial charge is 0.145 e. The second-order valence-corrected chi connectivity index (χ2v) is 6.07. The first-order valence-corrected chi connectivity index (χ1v) is 7.17. The molecule has 0 bridgehead atoms. The van der Waals surface area contributed by atoms with Crippen LogP contribution in [0.5, 0.6) is 0 Å². The van der Waals surface area contributed by atoms with Gasteiger partial charge in [-0.15, -0.1) is 0 Å². The lowest BCUT2D eigenvalue weighted by Crippen LogP contribution is -2.44. The van der Waals surface area contributed by atoms with E-state index in [-0.39, 0.29) is 11.6 Å². The molecule has 1 N–H and O–H groups in total. The van der Waals surface area contributed by atoms with Crippen molar-refractivity contribution in [3.63, 3.8) is 0 Å². The monoisotopic (exact) mass is 274 g/mol. The number of hydrogen-bond acceptors (Lipinski definition) is 3. The van der Waals surface area contributed by atoms with Gasteiger partial charge in [-0.3, -0.25) is 0 Å². The third-order valence-corrected chi connectivity index (χ3v) is 5.02. The van der Waals surface area contributed by atoms with Crippen LogP contribution in [0.15, 0.2) is 12.1 Å². The minimum Gasteiger partial charge on any atom is -0.387 e. The van der Waals surface area contributed by atoms with Crippen LogP contribution in [-0.4, -0.2) is 23.3 Å². The molecule has 0 amide bonds. The van der Waals surface area contributed by atoms with Crippen molar-refractivity contribution in [1.29, 1.82) is 5.26 Å². The molecular weight excluding hydrogens is 255 g/mol. The van der Waals surface area contributed by atoms with Crippen molar-refractivity contribution in [2.45, 2.75) is 44.8 Å². The Morgan fingerprint density at radius 1 is 1.45 bits per heavy atom. The Morgan fingerprint density at radius 2 is 2.15 bits per heavy atom. The summed E-state index contributed by atoms with van der Waals surface area (Å²) in [6.45, 7) is 4.45. The number of nitrogens with zero attached hydrogens (tertiary/aromatic N) is 2. The molecule has 20 heavy (non-hydrogen) atoms. The summed E-state index contributed by atoms with van der Waals surface area (Å²) in [5.41, 5.74) is 0.730. The lowest BCUT2D eigenvalue weighted by molar-refractivity contribution is 0.0142. The van der Waals surface area contributed by atoms with Gasteiger partial charge in [-0.2, -0.15) is 5.26 Å². The molecule has 2 fully saturated rings. The van der Waals surface area contributed by atoms with Crippen LogP contribution in [0.1, 0.15) is 37.3 Å². The van der Waals surface area contributed by atoms with Crippen LogP contribution in [0, 0.1) is 30.0 Å². The number of hydrogen-bond donors (Lipinski definition) is 1. The number of benzene rings is 1. The highest BCUT2D eigenvalue weighted by Crippen LogP contribution is 2.48. The zero-order valence-electron chi connectivity index (χ0n) is 11.9. The predicted octanol–water partition coefficient (Wildman–Crippen LogP) is 2.75. The molecule has 1 aliphatic heterocycles. The normalized spacial score (nSPS) is 29.6. The Hall–Kier alpha value is -1.60. The fraction of sp³-hybridized carbons (Fsp3) is 0.562. The molecule has 1 saturated heterocycles. The summed E-state index contributed by atoms with van der Waals surface area (Å²) < 4.78 is 14.1. The van der Waals surface area contributed by atoms with Gasteiger partial charge in [0.1, 0.15) is 11.9 Å². The fourth-order valence-electron chi connectivity index (χ4n) is 3.50. The van der Waals surface area contributed by atoms with E-state index in [1.54, 1.807) is 13.0 Å². The van der Waals surface area contributed by atoms with E-state index in [1.807, 2.05) is 13.0 Å². The van der Waals surface area contributed by atoms with Gasteiger partial charge in [-0.1, -0.05) is 0 Å². The molecule has 2 aliphatic rings. The maximum absolute atomic E-state index is 14.1. The Kier molecular flexibility index (Phi) is 2.98. The second kappa shape index (κ2) is 4.46. The van der Waals surface area contributed by atoms with E-state index in [1.165, 1.54) is 6.07 Å². The lowest BCUT2D eigenvalue weighted by atomic mass is 9.90. The zero-order chi connectivity index (χ0) is 14.5. The molecular formula is C16H19FN2O. The Bertz CT molecular complexity index is 591. The molecule has 0 aromatic heterocycles. The quantitative estimate of drug-likeness (QED) is 0.902. The Labute approximate surface area is 118 Å². The summed E-state index contributed by atoms with van der Waals surface area (Å²) in [6.07, 6.45) is 2.92. The van der Waals surface area contributed by atoms with Crippen LogP contribution in [-0.2, 0) is 0 Å². The van der Waals surface area contributed by atoms with E-state index in [9.17, 15) is 9.50 Å². The van der Waals surface area contributed by atoms with E-state index in [0.29, 0.717) is 11.5 Å². The maximum Gasteiger partial charge on any atom is 0.145 e. The molecule has 1 aromatic rings. The van der Waals surface area contributed by atoms with E-state index in [2.05, 4.69) is 4.90 Å². The van der Waals surface area contributed by atoms with Gasteiger partial charge in [0.2, 0.25) is 0 Å². The number of aliphatic hydroxyl groups is 1. The van der Waals surface area contributed by atoms with Crippen molar-refractivity contribution in [2.75, 3.05) is 11.4 Å². The van der Waals surface area contributed by atoms with Crippen LogP contribution >= 0.6 is 0 Å². The average Bonchev–Trinajstić information content (AvgIpc) is 3.24. The van der Waals surface area contributed by atoms with Gasteiger partial charge in [-0.05, 0) is 51.2 Å². The molecule has 3 nitrogen and oxygen atoms in total. The molecule has 0 radical (unpaired) electrons. The van der Waals surface area contributed by atoms with E-state index >= 15 is 0 Å². The SMILES string of the molecule is Cc1c(N2CCC(O)(C3CC3)C2C)ccc(C#N)c1F. The zero-order valence-corrected chi connectivity index (χ0v) is 11.9. The molecule has 2 atom stereocenters. The van der Waals surface area contributed by atoms with Gasteiger partial charge in [0.05, 0.1) is 17.2 Å². The third-order valence-electron chi connectivity index (χ3n) is 5.02. The minimum atomic E-state index is -0.642. The number of halogens is 1. The summed E-state index contributed by atoms with van der Waals surface area (Å²) in [6, 6.07) is 5.18. The molecule has 4 heteroatoms. The highest BCUT2D eigenvalue weighted by Gasteiger charge is 2.53. The van der Waals surface area contributed by atoms with Crippen molar-refractivity contribution in [2.24, 2.45) is 5.92 Å². The first kappa shape index (κ1) is 13.4. The highest BCUT2D eigenvalue weighted by molar-refractivity contribution is 5.59. The third kappa shape index (κ3) is 1.81. The summed E-state index contributed by atoms with van der Waals surface area (Å²) in [5, 5.41) is 19.7. The second-order valence-electron chi connectivity index (χ2n) is 6.07. The number of rotatable bonds is 2. The highest BCUT2D eigenvalue weighted by atomic mass is 19.1. The molecule has 106 valence electrons. The number of anilines is 1. The summed E-state index contributed by atoms with van der Waals surface area (Å²) >= 11 is 0. The van der Waals surface area contributed by atoms with Crippen molar-refractivity contribution in [3.05, 3.63) is 29.1 Å². The molecule has 1 aromatic carbocycles. The first-order valence-electron chi connectivity index (χ1n) is 7.17. The van der Waals surface area contributed by atoms with Gasteiger partial charge >= 0.3 is 0 Å². The van der Waals surface area contributed by atoms with Gasteiger partial charge < -0.3 is 10.0 Å². The van der Waals surface area contributed by atoms with Crippen molar-refractivity contribution in [1.82, 2.24) is 0 Å². The Balaban J connectivity index is 1.95. The molecule has 2 unspecified atom stereocenters. The molecule has 0 spiro atoms. The van der Waals surface area contributed by atoms with Crippen LogP contribution < -0.4 is 4.90 Å². The molecule has 1 aliphatic carbocycles. The summed E-state index contributed by atoms with van der Waals surface area (Å²) in [7, 11) is 0. The first-order chi connectivity index (χ1) is 9.49.